The number of amides is 2. The molecule has 0 unspecified atom stereocenters. The summed E-state index contributed by atoms with van der Waals surface area (Å²) in [7, 11) is -4.12. The zero-order valence-corrected chi connectivity index (χ0v) is 24.6. The van der Waals surface area contributed by atoms with Crippen molar-refractivity contribution in [2.24, 2.45) is 0 Å². The minimum absolute atomic E-state index is 0.0554. The quantitative estimate of drug-likeness (QED) is 0.331. The maximum absolute atomic E-state index is 14.0. The summed E-state index contributed by atoms with van der Waals surface area (Å²) >= 11 is 6.15. The summed E-state index contributed by atoms with van der Waals surface area (Å²) in [4.78, 5) is 28.6. The van der Waals surface area contributed by atoms with Gasteiger partial charge in [-0.05, 0) is 75.6 Å². The van der Waals surface area contributed by atoms with Gasteiger partial charge in [-0.15, -0.1) is 0 Å². The third-order valence-electron chi connectivity index (χ3n) is 6.68. The molecule has 0 spiro atoms. The summed E-state index contributed by atoms with van der Waals surface area (Å²) < 4.78 is 28.8. The Hall–Kier alpha value is -3.36. The third-order valence-corrected chi connectivity index (χ3v) is 8.69. The molecule has 0 bridgehead atoms. The summed E-state index contributed by atoms with van der Waals surface area (Å²) in [6, 6.07) is 19.6. The summed E-state index contributed by atoms with van der Waals surface area (Å²) in [5.74, 6) is -0.804. The van der Waals surface area contributed by atoms with Crippen LogP contribution in [0.25, 0.3) is 0 Å². The second kappa shape index (κ2) is 13.1. The molecular formula is C30H36ClN3O4S. The van der Waals surface area contributed by atoms with Crippen LogP contribution in [0, 0.1) is 13.8 Å². The van der Waals surface area contributed by atoms with Crippen molar-refractivity contribution in [3.63, 3.8) is 0 Å². The maximum Gasteiger partial charge on any atom is 0.264 e. The standard InChI is InChI=1S/C30H36ClN3O4S/c1-6-23(4)32-30(36)24(5)33(19-25-14-12-21(2)13-15-25)29(35)20-34(28-17-16-26(31)18-22(28)3)39(37,38)27-10-8-7-9-11-27/h7-18,23-24H,6,19-20H2,1-5H3,(H,32,36)/t23-,24+/m0/s1. The Kier molecular flexibility index (Phi) is 10.2. The van der Waals surface area contributed by atoms with E-state index in [4.69, 9.17) is 11.6 Å². The SMILES string of the molecule is CC[C@H](C)NC(=O)[C@@H](C)N(Cc1ccc(C)cc1)C(=O)CN(c1ccc(Cl)cc1C)S(=O)(=O)c1ccccc1. The molecule has 2 atom stereocenters. The molecule has 0 saturated carbocycles. The van der Waals surface area contributed by atoms with E-state index < -0.39 is 28.5 Å². The van der Waals surface area contributed by atoms with Crippen LogP contribution in [0.5, 0.6) is 0 Å². The summed E-state index contributed by atoms with van der Waals surface area (Å²) in [6.45, 7) is 8.88. The topological polar surface area (TPSA) is 86.8 Å². The molecule has 2 amide bonds. The van der Waals surface area contributed by atoms with Crippen molar-refractivity contribution < 1.29 is 18.0 Å². The normalized spacial score (nSPS) is 12.9. The number of carbonyl (C=O) groups excluding carboxylic acids is 2. The molecule has 9 heteroatoms. The van der Waals surface area contributed by atoms with Crippen molar-refractivity contribution >= 4 is 39.1 Å². The van der Waals surface area contributed by atoms with E-state index in [0.717, 1.165) is 21.9 Å². The van der Waals surface area contributed by atoms with Gasteiger partial charge in [0.1, 0.15) is 12.6 Å². The van der Waals surface area contributed by atoms with Gasteiger partial charge in [0.05, 0.1) is 10.6 Å². The Bertz CT molecular complexity index is 1400. The van der Waals surface area contributed by atoms with E-state index in [1.807, 2.05) is 45.0 Å². The first-order chi connectivity index (χ1) is 18.4. The van der Waals surface area contributed by atoms with Crippen LogP contribution in [-0.4, -0.2) is 43.8 Å². The molecule has 0 aliphatic carbocycles. The molecule has 0 radical (unpaired) electrons. The summed E-state index contributed by atoms with van der Waals surface area (Å²) in [5.41, 5.74) is 2.83. The zero-order valence-electron chi connectivity index (χ0n) is 23.0. The molecule has 3 rings (SSSR count). The Morgan fingerprint density at radius 2 is 1.59 bits per heavy atom. The molecule has 0 aliphatic heterocycles. The van der Waals surface area contributed by atoms with Crippen LogP contribution in [0.15, 0.2) is 77.7 Å². The lowest BCUT2D eigenvalue weighted by Gasteiger charge is -2.33. The van der Waals surface area contributed by atoms with E-state index in [0.29, 0.717) is 16.3 Å². The largest absolute Gasteiger partial charge is 0.352 e. The summed E-state index contributed by atoms with van der Waals surface area (Å²) in [5, 5.41) is 3.39. The second-order valence-electron chi connectivity index (χ2n) is 9.76. The number of hydrogen-bond acceptors (Lipinski definition) is 4. The van der Waals surface area contributed by atoms with Gasteiger partial charge in [-0.25, -0.2) is 8.42 Å². The van der Waals surface area contributed by atoms with Crippen LogP contribution >= 0.6 is 11.6 Å². The fraction of sp³-hybridized carbons (Fsp3) is 0.333. The predicted octanol–water partition coefficient (Wildman–Crippen LogP) is 5.48. The minimum Gasteiger partial charge on any atom is -0.352 e. The van der Waals surface area contributed by atoms with Crippen molar-refractivity contribution in [1.82, 2.24) is 10.2 Å². The number of anilines is 1. The highest BCUT2D eigenvalue weighted by atomic mass is 35.5. The zero-order chi connectivity index (χ0) is 28.7. The van der Waals surface area contributed by atoms with E-state index in [2.05, 4.69) is 5.32 Å². The van der Waals surface area contributed by atoms with Crippen molar-refractivity contribution in [1.29, 1.82) is 0 Å². The molecular weight excluding hydrogens is 534 g/mol. The number of rotatable bonds is 11. The first kappa shape index (κ1) is 30.2. The minimum atomic E-state index is -4.12. The molecule has 1 N–H and O–H groups in total. The number of nitrogens with zero attached hydrogens (tertiary/aromatic N) is 2. The Balaban J connectivity index is 2.04. The molecule has 39 heavy (non-hydrogen) atoms. The number of halogens is 1. The fourth-order valence-corrected chi connectivity index (χ4v) is 5.80. The molecule has 0 heterocycles. The first-order valence-corrected chi connectivity index (χ1v) is 14.7. The molecule has 3 aromatic rings. The average Bonchev–Trinajstić information content (AvgIpc) is 2.91. The molecule has 208 valence electrons. The van der Waals surface area contributed by atoms with E-state index in [1.54, 1.807) is 50.2 Å². The van der Waals surface area contributed by atoms with E-state index in [1.165, 1.54) is 17.0 Å². The molecule has 0 saturated heterocycles. The van der Waals surface area contributed by atoms with Crippen LogP contribution in [-0.2, 0) is 26.2 Å². The van der Waals surface area contributed by atoms with Gasteiger partial charge in [0.15, 0.2) is 0 Å². The highest BCUT2D eigenvalue weighted by molar-refractivity contribution is 7.92. The lowest BCUT2D eigenvalue weighted by molar-refractivity contribution is -0.139. The number of carbonyl (C=O) groups is 2. The molecule has 3 aromatic carbocycles. The second-order valence-corrected chi connectivity index (χ2v) is 12.1. The van der Waals surface area contributed by atoms with Crippen molar-refractivity contribution in [2.75, 3.05) is 10.8 Å². The molecule has 0 fully saturated rings. The van der Waals surface area contributed by atoms with Crippen LogP contribution in [0.4, 0.5) is 5.69 Å². The number of sulfonamides is 1. The van der Waals surface area contributed by atoms with Crippen LogP contribution in [0.2, 0.25) is 5.02 Å². The molecule has 0 aromatic heterocycles. The summed E-state index contributed by atoms with van der Waals surface area (Å²) in [6.07, 6.45) is 0.739. The molecule has 7 nitrogen and oxygen atoms in total. The van der Waals surface area contributed by atoms with Crippen molar-refractivity contribution in [3.8, 4) is 0 Å². The van der Waals surface area contributed by atoms with Gasteiger partial charge in [0.2, 0.25) is 11.8 Å². The Labute approximate surface area is 236 Å². The van der Waals surface area contributed by atoms with E-state index in [-0.39, 0.29) is 23.4 Å². The highest BCUT2D eigenvalue weighted by Gasteiger charge is 2.33. The number of nitrogens with one attached hydrogen (secondary N) is 1. The lowest BCUT2D eigenvalue weighted by Crippen LogP contribution is -2.52. The Morgan fingerprint density at radius 3 is 2.18 bits per heavy atom. The van der Waals surface area contributed by atoms with Crippen molar-refractivity contribution in [2.45, 2.75) is 64.6 Å². The maximum atomic E-state index is 14.0. The van der Waals surface area contributed by atoms with Crippen LogP contribution in [0.1, 0.15) is 43.9 Å². The van der Waals surface area contributed by atoms with Gasteiger partial charge < -0.3 is 10.2 Å². The van der Waals surface area contributed by atoms with Gasteiger partial charge in [0.25, 0.3) is 10.0 Å². The van der Waals surface area contributed by atoms with Gasteiger partial charge in [-0.3, -0.25) is 13.9 Å². The first-order valence-electron chi connectivity index (χ1n) is 12.9. The highest BCUT2D eigenvalue weighted by Crippen LogP contribution is 2.29. The van der Waals surface area contributed by atoms with Gasteiger partial charge >= 0.3 is 0 Å². The third kappa shape index (κ3) is 7.61. The lowest BCUT2D eigenvalue weighted by atomic mass is 10.1. The Morgan fingerprint density at radius 1 is 0.949 bits per heavy atom. The van der Waals surface area contributed by atoms with Crippen molar-refractivity contribution in [3.05, 3.63) is 94.5 Å². The van der Waals surface area contributed by atoms with E-state index in [9.17, 15) is 18.0 Å². The number of aryl methyl sites for hydroxylation is 2. The average molecular weight is 570 g/mol. The van der Waals surface area contributed by atoms with E-state index >= 15 is 0 Å². The van der Waals surface area contributed by atoms with Crippen LogP contribution in [0.3, 0.4) is 0 Å². The number of benzene rings is 3. The van der Waals surface area contributed by atoms with Gasteiger partial charge in [-0.2, -0.15) is 0 Å². The van der Waals surface area contributed by atoms with Gasteiger partial charge in [0, 0.05) is 17.6 Å². The monoisotopic (exact) mass is 569 g/mol. The van der Waals surface area contributed by atoms with Gasteiger partial charge in [-0.1, -0.05) is 66.6 Å². The fourth-order valence-electron chi connectivity index (χ4n) is 4.07. The molecule has 0 aliphatic rings. The predicted molar refractivity (Wildman–Crippen MR) is 156 cm³/mol. The number of hydrogen-bond donors (Lipinski definition) is 1. The van der Waals surface area contributed by atoms with Crippen LogP contribution < -0.4 is 9.62 Å². The smallest absolute Gasteiger partial charge is 0.264 e.